The number of phosphoric ester groups is 2. The molecule has 588 valence electrons. The SMILES string of the molecule is CC/C=C\C/C=C\C/C=C\C/C=C\CCCCCCCCC(=O)OCC(COP(=O)(O)OCC(O)COP(=O)(O)OCC(COC(=O)CCCCCCC/C=C\C/C=C\CCCCC)OC(=O)CCCCCCC/C=C\CCCCCCCC)OC(=O)CCCCCCC/C=C\C/C=C\CCC. The molecule has 19 heteroatoms. The fourth-order valence-corrected chi connectivity index (χ4v) is 12.1. The van der Waals surface area contributed by atoms with Gasteiger partial charge in [0.05, 0.1) is 26.4 Å². The summed E-state index contributed by atoms with van der Waals surface area (Å²) in [4.78, 5) is 73.0. The Morgan fingerprint density at radius 2 is 0.529 bits per heavy atom. The highest BCUT2D eigenvalue weighted by atomic mass is 31.2. The van der Waals surface area contributed by atoms with E-state index in [0.717, 1.165) is 199 Å². The van der Waals surface area contributed by atoms with Gasteiger partial charge in [0, 0.05) is 25.7 Å². The van der Waals surface area contributed by atoms with Gasteiger partial charge in [0.1, 0.15) is 19.3 Å². The molecule has 5 atom stereocenters. The van der Waals surface area contributed by atoms with Crippen LogP contribution in [0.3, 0.4) is 0 Å². The fraction of sp³-hybridized carbons (Fsp3) is 0.735. The fourth-order valence-electron chi connectivity index (χ4n) is 10.6. The van der Waals surface area contributed by atoms with E-state index in [1.807, 2.05) is 0 Å². The minimum absolute atomic E-state index is 0.0738. The molecule has 0 rings (SSSR count). The minimum Gasteiger partial charge on any atom is -0.462 e. The van der Waals surface area contributed by atoms with E-state index >= 15 is 0 Å². The molecule has 17 nitrogen and oxygen atoms in total. The van der Waals surface area contributed by atoms with Crippen molar-refractivity contribution in [1.82, 2.24) is 0 Å². The standard InChI is InChI=1S/C83H144O17P2/c1-5-9-13-17-21-25-29-33-36-37-38-39-42-45-48-52-56-60-64-68-81(86)94-73-78(99-82(87)69-65-61-57-53-49-43-32-28-24-20-16-12-8-4)75-97-101(89,90)95-71-77(84)72-96-102(91,92)98-76-79(100-83(88)70-66-62-58-54-50-46-41-35-31-27-23-19-15-11-7-3)74-93-80(85)67-63-59-55-51-47-44-40-34-30-26-22-18-14-10-6-2/h9,13,16,20-22,25-26,28,32-36,38-41,77-79,84H,5-8,10-12,14-15,17-19,23-24,27,29-31,37,42-76H2,1-4H3,(H,89,90)(H,91,92)/b13-9-,20-16-,25-21-,26-22-,32-28-,36-33-,39-38-,40-34-,41-35-. The monoisotopic (exact) mass is 1470 g/mol. The first-order valence-corrected chi connectivity index (χ1v) is 43.1. The summed E-state index contributed by atoms with van der Waals surface area (Å²) in [5, 5.41) is 10.6. The van der Waals surface area contributed by atoms with Crippen LogP contribution < -0.4 is 0 Å². The zero-order valence-corrected chi connectivity index (χ0v) is 66.0. The Morgan fingerprint density at radius 1 is 0.284 bits per heavy atom. The van der Waals surface area contributed by atoms with Gasteiger partial charge in [0.2, 0.25) is 0 Å². The molecule has 0 bridgehead atoms. The van der Waals surface area contributed by atoms with Crippen LogP contribution in [0.15, 0.2) is 109 Å². The van der Waals surface area contributed by atoms with Crippen molar-refractivity contribution in [2.75, 3.05) is 39.6 Å². The number of ether oxygens (including phenoxy) is 4. The number of hydrogen-bond donors (Lipinski definition) is 3. The van der Waals surface area contributed by atoms with Crippen LogP contribution in [-0.2, 0) is 65.4 Å². The number of unbranched alkanes of at least 4 members (excludes halogenated alkanes) is 31. The first-order chi connectivity index (χ1) is 49.7. The molecular formula is C83H144O17P2. The van der Waals surface area contributed by atoms with Crippen molar-refractivity contribution in [1.29, 1.82) is 0 Å². The van der Waals surface area contributed by atoms with Gasteiger partial charge < -0.3 is 33.8 Å². The summed E-state index contributed by atoms with van der Waals surface area (Å²) in [7, 11) is -9.97. The third-order valence-corrected chi connectivity index (χ3v) is 18.6. The highest BCUT2D eigenvalue weighted by Gasteiger charge is 2.30. The van der Waals surface area contributed by atoms with E-state index < -0.39 is 97.5 Å². The highest BCUT2D eigenvalue weighted by Crippen LogP contribution is 2.45. The van der Waals surface area contributed by atoms with E-state index in [9.17, 15) is 43.2 Å². The Hall–Kier alpha value is -4.28. The second-order valence-electron chi connectivity index (χ2n) is 26.6. The van der Waals surface area contributed by atoms with Gasteiger partial charge in [-0.25, -0.2) is 9.13 Å². The van der Waals surface area contributed by atoms with Crippen molar-refractivity contribution in [3.8, 4) is 0 Å². The van der Waals surface area contributed by atoms with Crippen LogP contribution in [0, 0.1) is 0 Å². The van der Waals surface area contributed by atoms with Gasteiger partial charge in [-0.15, -0.1) is 0 Å². The van der Waals surface area contributed by atoms with Gasteiger partial charge in [-0.2, -0.15) is 0 Å². The summed E-state index contributed by atoms with van der Waals surface area (Å²) in [6.45, 7) is 4.64. The van der Waals surface area contributed by atoms with Gasteiger partial charge in [0.15, 0.2) is 12.2 Å². The maximum absolute atomic E-state index is 13.1. The third-order valence-electron chi connectivity index (χ3n) is 16.7. The minimum atomic E-state index is -4.98. The summed E-state index contributed by atoms with van der Waals surface area (Å²) in [6, 6.07) is 0. The summed E-state index contributed by atoms with van der Waals surface area (Å²) >= 11 is 0. The summed E-state index contributed by atoms with van der Waals surface area (Å²) in [5.41, 5.74) is 0. The zero-order valence-electron chi connectivity index (χ0n) is 64.3. The molecule has 3 N–H and O–H groups in total. The second kappa shape index (κ2) is 75.0. The third kappa shape index (κ3) is 74.0. The van der Waals surface area contributed by atoms with E-state index in [-0.39, 0.29) is 25.7 Å². The number of allylic oxidation sites excluding steroid dienone is 18. The molecule has 0 aliphatic heterocycles. The van der Waals surface area contributed by atoms with Crippen molar-refractivity contribution < 1.29 is 80.2 Å². The maximum atomic E-state index is 13.1. The molecule has 0 fully saturated rings. The average Bonchev–Trinajstić information content (AvgIpc) is 0.908. The Morgan fingerprint density at radius 3 is 0.853 bits per heavy atom. The summed E-state index contributed by atoms with van der Waals surface area (Å²) in [6.07, 6.45) is 80.6. The van der Waals surface area contributed by atoms with Crippen LogP contribution in [0.4, 0.5) is 0 Å². The van der Waals surface area contributed by atoms with Gasteiger partial charge >= 0.3 is 39.5 Å². The van der Waals surface area contributed by atoms with Crippen molar-refractivity contribution >= 4 is 39.5 Å². The first kappa shape index (κ1) is 97.7. The molecule has 0 aliphatic carbocycles. The number of aliphatic hydroxyl groups is 1. The maximum Gasteiger partial charge on any atom is 0.472 e. The summed E-state index contributed by atoms with van der Waals surface area (Å²) < 4.78 is 68.6. The number of phosphoric acid groups is 2. The molecule has 5 unspecified atom stereocenters. The molecule has 0 radical (unpaired) electrons. The summed E-state index contributed by atoms with van der Waals surface area (Å²) in [5.74, 6) is -2.22. The number of hydrogen-bond acceptors (Lipinski definition) is 15. The molecule has 102 heavy (non-hydrogen) atoms. The molecular weight excluding hydrogens is 1330 g/mol. The molecule has 0 aromatic heterocycles. The van der Waals surface area contributed by atoms with Crippen molar-refractivity contribution in [2.45, 2.75) is 354 Å². The van der Waals surface area contributed by atoms with E-state index in [0.29, 0.717) is 25.7 Å². The van der Waals surface area contributed by atoms with Crippen molar-refractivity contribution in [3.05, 3.63) is 109 Å². The zero-order chi connectivity index (χ0) is 74.6. The molecule has 0 saturated carbocycles. The molecule has 0 amide bonds. The van der Waals surface area contributed by atoms with E-state index in [4.69, 9.17) is 37.0 Å². The van der Waals surface area contributed by atoms with Crippen molar-refractivity contribution in [3.63, 3.8) is 0 Å². The normalized spacial score (nSPS) is 14.5. The molecule has 0 heterocycles. The van der Waals surface area contributed by atoms with Crippen LogP contribution in [0.25, 0.3) is 0 Å². The molecule has 0 aliphatic rings. The lowest BCUT2D eigenvalue weighted by Gasteiger charge is -2.21. The first-order valence-electron chi connectivity index (χ1n) is 40.1. The number of rotatable bonds is 75. The smallest absolute Gasteiger partial charge is 0.462 e. The Bertz CT molecular complexity index is 2360. The topological polar surface area (TPSA) is 237 Å². The molecule has 0 aromatic carbocycles. The predicted octanol–water partition coefficient (Wildman–Crippen LogP) is 23.3. The van der Waals surface area contributed by atoms with Crippen LogP contribution in [0.5, 0.6) is 0 Å². The number of carbonyl (C=O) groups is 4. The lowest BCUT2D eigenvalue weighted by Crippen LogP contribution is -2.30. The van der Waals surface area contributed by atoms with Gasteiger partial charge in [-0.1, -0.05) is 272 Å². The lowest BCUT2D eigenvalue weighted by molar-refractivity contribution is -0.161. The van der Waals surface area contributed by atoms with Crippen LogP contribution >= 0.6 is 15.6 Å². The lowest BCUT2D eigenvalue weighted by atomic mass is 10.1. The van der Waals surface area contributed by atoms with Crippen LogP contribution in [0.2, 0.25) is 0 Å². The number of carbonyl (C=O) groups excluding carboxylic acids is 4. The Balaban J connectivity index is 5.36. The highest BCUT2D eigenvalue weighted by molar-refractivity contribution is 7.47. The van der Waals surface area contributed by atoms with Crippen LogP contribution in [0.1, 0.15) is 336 Å². The quantitative estimate of drug-likeness (QED) is 0.0169. The predicted molar refractivity (Wildman–Crippen MR) is 418 cm³/mol. The molecule has 0 aromatic rings. The molecule has 0 spiro atoms. The Labute approximate surface area is 619 Å². The number of esters is 4. The second-order valence-corrected chi connectivity index (χ2v) is 29.5. The van der Waals surface area contributed by atoms with Gasteiger partial charge in [-0.3, -0.25) is 37.3 Å². The van der Waals surface area contributed by atoms with Gasteiger partial charge in [0.25, 0.3) is 0 Å². The van der Waals surface area contributed by atoms with E-state index in [2.05, 4.69) is 137 Å². The molecule has 0 saturated heterocycles. The average molecular weight is 1480 g/mol. The van der Waals surface area contributed by atoms with Crippen molar-refractivity contribution in [2.24, 2.45) is 0 Å². The van der Waals surface area contributed by atoms with Gasteiger partial charge in [-0.05, 0) is 148 Å². The largest absolute Gasteiger partial charge is 0.472 e. The number of aliphatic hydroxyl groups excluding tert-OH is 1. The van der Waals surface area contributed by atoms with Crippen LogP contribution in [-0.4, -0.2) is 96.7 Å². The Kier molecular flexibility index (Phi) is 71.8. The van der Waals surface area contributed by atoms with E-state index in [1.165, 1.54) is 57.8 Å². The van der Waals surface area contributed by atoms with E-state index in [1.54, 1.807) is 0 Å².